The van der Waals surface area contributed by atoms with Gasteiger partial charge in [0.2, 0.25) is 0 Å². The van der Waals surface area contributed by atoms with Crippen molar-refractivity contribution < 1.29 is 12.9 Å². The van der Waals surface area contributed by atoms with Gasteiger partial charge in [0, 0.05) is 18.0 Å². The van der Waals surface area contributed by atoms with Crippen LogP contribution in [-0.4, -0.2) is 21.0 Å². The number of hydrogen-bond donors (Lipinski definition) is 1. The molecule has 0 aromatic heterocycles. The van der Waals surface area contributed by atoms with Gasteiger partial charge in [-0.1, -0.05) is 35.9 Å². The maximum atomic E-state index is 10.5. The summed E-state index contributed by atoms with van der Waals surface area (Å²) in [6, 6.07) is 15.2. The largest absolute Gasteiger partial charge is 0.302 e. The third-order valence-corrected chi connectivity index (χ3v) is 4.11. The number of anilines is 1. The summed E-state index contributed by atoms with van der Waals surface area (Å²) in [5.74, 6) is 0. The lowest BCUT2D eigenvalue weighted by Gasteiger charge is -2.13. The molecule has 0 saturated carbocycles. The summed E-state index contributed by atoms with van der Waals surface area (Å²) in [7, 11) is 0. The molecule has 3 rings (SSSR count). The van der Waals surface area contributed by atoms with E-state index in [0.29, 0.717) is 5.02 Å². The number of rotatable bonds is 5. The van der Waals surface area contributed by atoms with Crippen molar-refractivity contribution in [3.8, 4) is 0 Å². The molecule has 0 spiro atoms. The van der Waals surface area contributed by atoms with E-state index in [1.54, 1.807) is 0 Å². The third-order valence-electron chi connectivity index (χ3n) is 3.54. The van der Waals surface area contributed by atoms with Crippen LogP contribution in [0, 0.1) is 0 Å². The lowest BCUT2D eigenvalue weighted by atomic mass is 10.1. The lowest BCUT2D eigenvalue weighted by Crippen LogP contribution is -2.11. The highest BCUT2D eigenvalue weighted by atomic mass is 35.5. The smallest absolute Gasteiger partial charge is 0.284 e. The van der Waals surface area contributed by atoms with Gasteiger partial charge in [-0.05, 0) is 35.4 Å². The van der Waals surface area contributed by atoms with Crippen LogP contribution in [-0.2, 0) is 22.2 Å². The molecule has 2 aromatic rings. The molecule has 23 heavy (non-hydrogen) atoms. The molecule has 0 aliphatic carbocycles. The molecule has 0 radical (unpaired) electrons. The molecule has 1 aliphatic rings. The molecule has 0 amide bonds. The van der Waals surface area contributed by atoms with Crippen LogP contribution < -0.4 is 5.01 Å². The van der Waals surface area contributed by atoms with E-state index in [4.69, 9.17) is 16.2 Å². The number of halogens is 1. The van der Waals surface area contributed by atoms with Crippen LogP contribution in [0.25, 0.3) is 0 Å². The average Bonchev–Trinajstić information content (AvgIpc) is 3.04. The summed E-state index contributed by atoms with van der Waals surface area (Å²) in [6.45, 7) is 0.914. The van der Waals surface area contributed by atoms with Crippen LogP contribution in [0.2, 0.25) is 5.02 Å². The van der Waals surface area contributed by atoms with Crippen molar-refractivity contribution >= 4 is 34.4 Å². The van der Waals surface area contributed by atoms with Gasteiger partial charge >= 0.3 is 11.4 Å². The summed E-state index contributed by atoms with van der Waals surface area (Å²) in [4.78, 5) is 0. The van der Waals surface area contributed by atoms with Gasteiger partial charge in [-0.2, -0.15) is 9.31 Å². The first-order valence-corrected chi connectivity index (χ1v) is 8.47. The quantitative estimate of drug-likeness (QED) is 0.837. The minimum atomic E-state index is -2.24. The van der Waals surface area contributed by atoms with Crippen molar-refractivity contribution in [3.63, 3.8) is 0 Å². The molecule has 0 bridgehead atoms. The Kier molecular flexibility index (Phi) is 5.07. The van der Waals surface area contributed by atoms with Crippen molar-refractivity contribution in [2.45, 2.75) is 13.0 Å². The summed E-state index contributed by atoms with van der Waals surface area (Å²) in [6.07, 6.45) is 0.871. The first-order valence-electron chi connectivity index (χ1n) is 7.06. The Morgan fingerprint density at radius 1 is 1.17 bits per heavy atom. The van der Waals surface area contributed by atoms with Crippen LogP contribution in [0.1, 0.15) is 17.5 Å². The Bertz CT molecular complexity index is 732. The fourth-order valence-corrected chi connectivity index (χ4v) is 2.73. The zero-order valence-corrected chi connectivity index (χ0v) is 13.8. The van der Waals surface area contributed by atoms with E-state index in [1.165, 1.54) is 0 Å². The van der Waals surface area contributed by atoms with Crippen LogP contribution in [0.5, 0.6) is 0 Å². The Balaban J connectivity index is 1.70. The van der Waals surface area contributed by atoms with Gasteiger partial charge in [0.05, 0.1) is 18.0 Å². The topological polar surface area (TPSA) is 62.1 Å². The van der Waals surface area contributed by atoms with Crippen LogP contribution >= 0.6 is 11.6 Å². The molecule has 7 heteroatoms. The van der Waals surface area contributed by atoms with Crippen LogP contribution in [0.3, 0.4) is 0 Å². The van der Waals surface area contributed by atoms with E-state index in [1.807, 2.05) is 53.5 Å². The van der Waals surface area contributed by atoms with E-state index in [2.05, 4.69) is 9.28 Å². The number of nitrogens with zero attached hydrogens (tertiary/aromatic N) is 2. The predicted molar refractivity (Wildman–Crippen MR) is 92.0 cm³/mol. The fraction of sp³-hybridized carbons (Fsp3) is 0.188. The van der Waals surface area contributed by atoms with Crippen molar-refractivity contribution in [1.82, 2.24) is 0 Å². The van der Waals surface area contributed by atoms with Crippen molar-refractivity contribution in [3.05, 3.63) is 64.7 Å². The fourth-order valence-electron chi connectivity index (χ4n) is 2.37. The van der Waals surface area contributed by atoms with E-state index >= 15 is 0 Å². The third kappa shape index (κ3) is 4.17. The molecular weight excluding hydrogens is 336 g/mol. The minimum Gasteiger partial charge on any atom is -0.284 e. The number of hydrogen-bond acceptors (Lipinski definition) is 4. The van der Waals surface area contributed by atoms with Crippen molar-refractivity contribution in [2.24, 2.45) is 5.10 Å². The van der Waals surface area contributed by atoms with Gasteiger partial charge in [0.15, 0.2) is 0 Å². The summed E-state index contributed by atoms with van der Waals surface area (Å²) < 4.78 is 23.8. The second-order valence-electron chi connectivity index (χ2n) is 5.07. The van der Waals surface area contributed by atoms with Crippen molar-refractivity contribution in [1.29, 1.82) is 0 Å². The Hall–Kier alpha value is -1.73. The highest BCUT2D eigenvalue weighted by Crippen LogP contribution is 2.23. The molecular formula is C16H15ClN2O3S. The summed E-state index contributed by atoms with van der Waals surface area (Å²) in [5, 5.41) is 7.31. The average molecular weight is 351 g/mol. The van der Waals surface area contributed by atoms with Gasteiger partial charge in [-0.3, -0.25) is 13.7 Å². The maximum Gasteiger partial charge on any atom is 0.302 e. The predicted octanol–water partition coefficient (Wildman–Crippen LogP) is 3.61. The zero-order chi connectivity index (χ0) is 16.2. The minimum absolute atomic E-state index is 0.0999. The molecule has 1 unspecified atom stereocenters. The van der Waals surface area contributed by atoms with E-state index in [0.717, 1.165) is 35.5 Å². The summed E-state index contributed by atoms with van der Waals surface area (Å²) in [5.41, 5.74) is 3.91. The monoisotopic (exact) mass is 350 g/mol. The van der Waals surface area contributed by atoms with Crippen LogP contribution in [0.4, 0.5) is 5.69 Å². The molecule has 5 nitrogen and oxygen atoms in total. The van der Waals surface area contributed by atoms with Gasteiger partial charge in [-0.25, -0.2) is 0 Å². The first-order chi connectivity index (χ1) is 11.1. The molecule has 1 heterocycles. The second kappa shape index (κ2) is 7.23. The number of benzene rings is 2. The van der Waals surface area contributed by atoms with Crippen molar-refractivity contribution in [2.75, 3.05) is 11.6 Å². The zero-order valence-electron chi connectivity index (χ0n) is 12.2. The highest BCUT2D eigenvalue weighted by Gasteiger charge is 2.17. The van der Waals surface area contributed by atoms with E-state index in [9.17, 15) is 4.21 Å². The standard InChI is InChI=1S/C16H15ClN2O3S/c17-14-5-3-13(4-6-14)16-9-10-19(18-16)15-7-1-12(2-8-15)11-22-23(20)21/h1-8H,9-11H2,(H,20,21). The molecule has 0 saturated heterocycles. The van der Waals surface area contributed by atoms with Gasteiger partial charge in [-0.15, -0.1) is 0 Å². The molecule has 2 aromatic carbocycles. The molecule has 1 aliphatic heterocycles. The Morgan fingerprint density at radius 2 is 1.87 bits per heavy atom. The van der Waals surface area contributed by atoms with Gasteiger partial charge in [0.25, 0.3) is 0 Å². The van der Waals surface area contributed by atoms with E-state index < -0.39 is 11.4 Å². The number of hydrazone groups is 1. The maximum absolute atomic E-state index is 10.5. The van der Waals surface area contributed by atoms with Gasteiger partial charge in [0.1, 0.15) is 0 Å². The SMILES string of the molecule is O=S(O)OCc1ccc(N2CCC(c3ccc(Cl)cc3)=N2)cc1. The molecule has 1 atom stereocenters. The molecule has 0 fully saturated rings. The first kappa shape index (κ1) is 16.1. The lowest BCUT2D eigenvalue weighted by molar-refractivity contribution is 0.297. The normalized spacial score (nSPS) is 15.6. The molecule has 1 N–H and O–H groups in total. The second-order valence-corrected chi connectivity index (χ2v) is 6.18. The Labute approximate surface area is 142 Å². The van der Waals surface area contributed by atoms with Crippen LogP contribution in [0.15, 0.2) is 53.6 Å². The van der Waals surface area contributed by atoms with Gasteiger partial charge < -0.3 is 0 Å². The summed E-state index contributed by atoms with van der Waals surface area (Å²) >= 11 is 3.66. The Morgan fingerprint density at radius 3 is 2.52 bits per heavy atom. The van der Waals surface area contributed by atoms with E-state index in [-0.39, 0.29) is 6.61 Å². The molecule has 120 valence electrons. The highest BCUT2D eigenvalue weighted by molar-refractivity contribution is 7.74.